The molecule has 3 N–H and O–H groups in total. The van der Waals surface area contributed by atoms with Gasteiger partial charge in [-0.25, -0.2) is 0 Å². The molecule has 2 atom stereocenters. The Balaban J connectivity index is 2.79. The second kappa shape index (κ2) is 5.46. The van der Waals surface area contributed by atoms with Gasteiger partial charge in [0.05, 0.1) is 12.1 Å². The van der Waals surface area contributed by atoms with Crippen molar-refractivity contribution in [2.75, 3.05) is 7.11 Å². The second-order valence-corrected chi connectivity index (χ2v) is 4.43. The summed E-state index contributed by atoms with van der Waals surface area (Å²) in [5.41, 5.74) is 4.01. The molecule has 1 aromatic rings. The third kappa shape index (κ3) is 2.54. The Morgan fingerprint density at radius 3 is 2.57 bits per heavy atom. The van der Waals surface area contributed by atoms with Crippen LogP contribution < -0.4 is 11.3 Å². The van der Waals surface area contributed by atoms with Crippen molar-refractivity contribution in [2.24, 2.45) is 11.8 Å². The van der Waals surface area contributed by atoms with Crippen molar-refractivity contribution in [2.45, 2.75) is 26.0 Å². The lowest BCUT2D eigenvalue weighted by molar-refractivity contribution is 0.0327. The molecule has 0 bridgehead atoms. The highest BCUT2D eigenvalue weighted by atomic mass is 32.1. The molecule has 0 saturated carbocycles. The molecule has 4 heteroatoms. The maximum atomic E-state index is 5.55. The lowest BCUT2D eigenvalue weighted by Gasteiger charge is -2.27. The van der Waals surface area contributed by atoms with E-state index >= 15 is 0 Å². The first-order valence-electron chi connectivity index (χ1n) is 4.71. The Labute approximate surface area is 89.2 Å². The number of thiophene rings is 1. The van der Waals surface area contributed by atoms with E-state index in [1.165, 1.54) is 5.56 Å². The maximum Gasteiger partial charge on any atom is 0.0802 e. The molecule has 0 aromatic carbocycles. The van der Waals surface area contributed by atoms with E-state index in [1.807, 2.05) is 5.38 Å². The van der Waals surface area contributed by atoms with Gasteiger partial charge in [-0.05, 0) is 28.3 Å². The van der Waals surface area contributed by atoms with Crippen LogP contribution in [0.3, 0.4) is 0 Å². The van der Waals surface area contributed by atoms with Gasteiger partial charge in [0.25, 0.3) is 0 Å². The van der Waals surface area contributed by atoms with Crippen molar-refractivity contribution in [3.05, 3.63) is 22.4 Å². The van der Waals surface area contributed by atoms with Crippen LogP contribution in [0.1, 0.15) is 25.5 Å². The van der Waals surface area contributed by atoms with Gasteiger partial charge in [-0.15, -0.1) is 0 Å². The second-order valence-electron chi connectivity index (χ2n) is 3.65. The Hall–Kier alpha value is -0.420. The van der Waals surface area contributed by atoms with Crippen LogP contribution >= 0.6 is 11.3 Å². The molecule has 14 heavy (non-hydrogen) atoms. The topological polar surface area (TPSA) is 47.3 Å². The van der Waals surface area contributed by atoms with Crippen molar-refractivity contribution in [3.63, 3.8) is 0 Å². The molecule has 0 saturated heterocycles. The van der Waals surface area contributed by atoms with Crippen LogP contribution in [0.15, 0.2) is 16.8 Å². The Morgan fingerprint density at radius 2 is 2.21 bits per heavy atom. The standard InChI is InChI=1S/C10H18N2OS/c1-7(2)10(13-3)9(12-11)8-4-5-14-6-8/h4-7,9-10,12H,11H2,1-3H3. The molecule has 0 radical (unpaired) electrons. The van der Waals surface area contributed by atoms with E-state index in [4.69, 9.17) is 10.6 Å². The summed E-state index contributed by atoms with van der Waals surface area (Å²) >= 11 is 1.67. The smallest absolute Gasteiger partial charge is 0.0802 e. The number of ether oxygens (including phenoxy) is 1. The predicted octanol–water partition coefficient (Wildman–Crippen LogP) is 1.92. The highest BCUT2D eigenvalue weighted by molar-refractivity contribution is 7.07. The molecule has 0 aliphatic heterocycles. The van der Waals surface area contributed by atoms with Crippen LogP contribution in [-0.4, -0.2) is 13.2 Å². The van der Waals surface area contributed by atoms with Gasteiger partial charge in [-0.2, -0.15) is 11.3 Å². The minimum absolute atomic E-state index is 0.0752. The van der Waals surface area contributed by atoms with Crippen LogP contribution in [0.4, 0.5) is 0 Å². The van der Waals surface area contributed by atoms with E-state index in [2.05, 4.69) is 30.7 Å². The summed E-state index contributed by atoms with van der Waals surface area (Å²) in [6, 6.07) is 2.15. The summed E-state index contributed by atoms with van der Waals surface area (Å²) in [6.07, 6.45) is 0.106. The van der Waals surface area contributed by atoms with Gasteiger partial charge in [0, 0.05) is 7.11 Å². The molecule has 3 nitrogen and oxygen atoms in total. The highest BCUT2D eigenvalue weighted by Crippen LogP contribution is 2.25. The molecule has 0 aliphatic rings. The van der Waals surface area contributed by atoms with E-state index in [0.29, 0.717) is 5.92 Å². The van der Waals surface area contributed by atoms with E-state index in [0.717, 1.165) is 0 Å². The number of nitrogens with one attached hydrogen (secondary N) is 1. The van der Waals surface area contributed by atoms with Crippen LogP contribution in [0, 0.1) is 5.92 Å². The fourth-order valence-corrected chi connectivity index (χ4v) is 2.32. The average Bonchev–Trinajstić information content (AvgIpc) is 2.65. The quantitative estimate of drug-likeness (QED) is 0.581. The number of hydrogen-bond acceptors (Lipinski definition) is 4. The van der Waals surface area contributed by atoms with Gasteiger partial charge in [0.15, 0.2) is 0 Å². The number of methoxy groups -OCH3 is 1. The summed E-state index contributed by atoms with van der Waals surface area (Å²) < 4.78 is 5.45. The van der Waals surface area contributed by atoms with Crippen molar-refractivity contribution in [1.29, 1.82) is 0 Å². The van der Waals surface area contributed by atoms with Crippen molar-refractivity contribution < 1.29 is 4.74 Å². The van der Waals surface area contributed by atoms with Crippen LogP contribution in [0.5, 0.6) is 0 Å². The van der Waals surface area contributed by atoms with Gasteiger partial charge in [0.1, 0.15) is 0 Å². The summed E-state index contributed by atoms with van der Waals surface area (Å²) in [4.78, 5) is 0. The van der Waals surface area contributed by atoms with E-state index in [-0.39, 0.29) is 12.1 Å². The molecule has 1 rings (SSSR count). The largest absolute Gasteiger partial charge is 0.379 e. The fourth-order valence-electron chi connectivity index (χ4n) is 1.63. The first-order valence-corrected chi connectivity index (χ1v) is 5.66. The van der Waals surface area contributed by atoms with Crippen molar-refractivity contribution in [1.82, 2.24) is 5.43 Å². The number of nitrogens with two attached hydrogens (primary N) is 1. The Morgan fingerprint density at radius 1 is 1.50 bits per heavy atom. The molecular weight excluding hydrogens is 196 g/mol. The fraction of sp³-hybridized carbons (Fsp3) is 0.600. The molecular formula is C10H18N2OS. The maximum absolute atomic E-state index is 5.55. The van der Waals surface area contributed by atoms with Gasteiger partial charge >= 0.3 is 0 Å². The summed E-state index contributed by atoms with van der Waals surface area (Å²) in [5, 5.41) is 4.14. The molecule has 1 heterocycles. The van der Waals surface area contributed by atoms with Gasteiger partial charge in [-0.1, -0.05) is 13.8 Å². The van der Waals surface area contributed by atoms with Crippen LogP contribution in [0.2, 0.25) is 0 Å². The monoisotopic (exact) mass is 214 g/mol. The zero-order valence-corrected chi connectivity index (χ0v) is 9.67. The Kier molecular flexibility index (Phi) is 4.54. The molecule has 2 unspecified atom stereocenters. The summed E-state index contributed by atoms with van der Waals surface area (Å²) in [5.74, 6) is 5.98. The average molecular weight is 214 g/mol. The third-order valence-corrected chi connectivity index (χ3v) is 3.04. The molecule has 0 amide bonds. The lowest BCUT2D eigenvalue weighted by atomic mass is 9.96. The zero-order chi connectivity index (χ0) is 10.6. The lowest BCUT2D eigenvalue weighted by Crippen LogP contribution is -2.39. The Bertz CT molecular complexity index is 249. The SMILES string of the molecule is COC(C(C)C)C(NN)c1ccsc1. The van der Waals surface area contributed by atoms with Crippen LogP contribution in [0.25, 0.3) is 0 Å². The molecule has 0 spiro atoms. The first-order chi connectivity index (χ1) is 6.70. The van der Waals surface area contributed by atoms with Gasteiger partial charge in [-0.3, -0.25) is 11.3 Å². The predicted molar refractivity (Wildman–Crippen MR) is 60.0 cm³/mol. The van der Waals surface area contributed by atoms with Gasteiger partial charge < -0.3 is 4.74 Å². The van der Waals surface area contributed by atoms with Crippen molar-refractivity contribution >= 4 is 11.3 Å². The highest BCUT2D eigenvalue weighted by Gasteiger charge is 2.24. The molecule has 80 valence electrons. The minimum Gasteiger partial charge on any atom is -0.379 e. The molecule has 1 aromatic heterocycles. The van der Waals surface area contributed by atoms with E-state index < -0.39 is 0 Å². The van der Waals surface area contributed by atoms with Crippen LogP contribution in [-0.2, 0) is 4.74 Å². The van der Waals surface area contributed by atoms with Gasteiger partial charge in [0.2, 0.25) is 0 Å². The first kappa shape index (κ1) is 11.7. The number of rotatable bonds is 5. The number of hydrogen-bond donors (Lipinski definition) is 2. The molecule has 0 aliphatic carbocycles. The summed E-state index contributed by atoms with van der Waals surface area (Å²) in [7, 11) is 1.72. The van der Waals surface area contributed by atoms with E-state index in [9.17, 15) is 0 Å². The summed E-state index contributed by atoms with van der Waals surface area (Å²) in [6.45, 7) is 4.26. The van der Waals surface area contributed by atoms with Crippen molar-refractivity contribution in [3.8, 4) is 0 Å². The zero-order valence-electron chi connectivity index (χ0n) is 8.86. The number of hydrazine groups is 1. The molecule has 0 fully saturated rings. The minimum atomic E-state index is 0.0752. The van der Waals surface area contributed by atoms with E-state index in [1.54, 1.807) is 18.4 Å². The normalized spacial score (nSPS) is 15.8. The third-order valence-electron chi connectivity index (χ3n) is 2.34.